The minimum atomic E-state index is -3.55. The number of aryl methyl sites for hydroxylation is 1. The SMILES string of the molecule is O=S(=O)(NCc1ccccc1Cl)c1ccc(CCCCl)cc1. The smallest absolute Gasteiger partial charge is 0.207 e. The maximum absolute atomic E-state index is 12.3. The van der Waals surface area contributed by atoms with Crippen molar-refractivity contribution >= 4 is 33.2 Å². The zero-order chi connectivity index (χ0) is 16.0. The molecular formula is C16H17Cl2NO2S. The van der Waals surface area contributed by atoms with Crippen molar-refractivity contribution in [2.45, 2.75) is 24.3 Å². The Balaban J connectivity index is 2.05. The van der Waals surface area contributed by atoms with Gasteiger partial charge in [0.2, 0.25) is 10.0 Å². The van der Waals surface area contributed by atoms with E-state index in [1.807, 2.05) is 18.2 Å². The van der Waals surface area contributed by atoms with Crippen LogP contribution in [0, 0.1) is 0 Å². The molecule has 0 atom stereocenters. The van der Waals surface area contributed by atoms with Crippen molar-refractivity contribution in [3.63, 3.8) is 0 Å². The van der Waals surface area contributed by atoms with Gasteiger partial charge in [-0.15, -0.1) is 11.6 Å². The van der Waals surface area contributed by atoms with Crippen LogP contribution in [-0.4, -0.2) is 14.3 Å². The third-order valence-electron chi connectivity index (χ3n) is 3.24. The van der Waals surface area contributed by atoms with E-state index in [0.29, 0.717) is 10.9 Å². The molecule has 0 aromatic heterocycles. The topological polar surface area (TPSA) is 46.2 Å². The first-order valence-electron chi connectivity index (χ1n) is 6.91. The van der Waals surface area contributed by atoms with Gasteiger partial charge in [-0.05, 0) is 42.2 Å². The highest BCUT2D eigenvalue weighted by Crippen LogP contribution is 2.16. The Morgan fingerprint density at radius 2 is 1.68 bits per heavy atom. The van der Waals surface area contributed by atoms with E-state index in [1.165, 1.54) is 0 Å². The molecule has 2 rings (SSSR count). The van der Waals surface area contributed by atoms with Gasteiger partial charge >= 0.3 is 0 Å². The molecule has 2 aromatic carbocycles. The fraction of sp³-hybridized carbons (Fsp3) is 0.250. The van der Waals surface area contributed by atoms with Crippen LogP contribution in [-0.2, 0) is 23.0 Å². The molecule has 118 valence electrons. The summed E-state index contributed by atoms with van der Waals surface area (Å²) in [4.78, 5) is 0.245. The van der Waals surface area contributed by atoms with E-state index in [4.69, 9.17) is 23.2 Å². The van der Waals surface area contributed by atoms with Crippen LogP contribution in [0.15, 0.2) is 53.4 Å². The molecule has 22 heavy (non-hydrogen) atoms. The van der Waals surface area contributed by atoms with Crippen molar-refractivity contribution in [1.82, 2.24) is 4.72 Å². The fourth-order valence-corrected chi connectivity index (χ4v) is 3.35. The summed E-state index contributed by atoms with van der Waals surface area (Å²) in [6.45, 7) is 0.163. The van der Waals surface area contributed by atoms with Gasteiger partial charge in [0.15, 0.2) is 0 Å². The number of nitrogens with one attached hydrogen (secondary N) is 1. The molecule has 0 aliphatic carbocycles. The lowest BCUT2D eigenvalue weighted by Gasteiger charge is -2.09. The van der Waals surface area contributed by atoms with Crippen molar-refractivity contribution in [1.29, 1.82) is 0 Å². The van der Waals surface area contributed by atoms with E-state index in [-0.39, 0.29) is 11.4 Å². The van der Waals surface area contributed by atoms with E-state index in [2.05, 4.69) is 4.72 Å². The van der Waals surface area contributed by atoms with Crippen LogP contribution >= 0.6 is 23.2 Å². The normalized spacial score (nSPS) is 11.5. The van der Waals surface area contributed by atoms with Gasteiger partial charge in [0.1, 0.15) is 0 Å². The van der Waals surface area contributed by atoms with Crippen molar-refractivity contribution in [3.8, 4) is 0 Å². The number of sulfonamides is 1. The van der Waals surface area contributed by atoms with Crippen LogP contribution in [0.25, 0.3) is 0 Å². The number of rotatable bonds is 7. The Hall–Kier alpha value is -1.07. The first-order valence-corrected chi connectivity index (χ1v) is 9.30. The van der Waals surface area contributed by atoms with Crippen LogP contribution in [0.4, 0.5) is 0 Å². The summed E-state index contributed by atoms with van der Waals surface area (Å²) in [5, 5.41) is 0.543. The molecular weight excluding hydrogens is 341 g/mol. The van der Waals surface area contributed by atoms with Crippen molar-refractivity contribution < 1.29 is 8.42 Å². The lowest BCUT2D eigenvalue weighted by molar-refractivity contribution is 0.581. The molecule has 0 bridgehead atoms. The average molecular weight is 358 g/mol. The second kappa shape index (κ2) is 7.97. The molecule has 1 N–H and O–H groups in total. The van der Waals surface area contributed by atoms with Gasteiger partial charge in [-0.1, -0.05) is 41.9 Å². The van der Waals surface area contributed by atoms with E-state index < -0.39 is 10.0 Å². The number of benzene rings is 2. The lowest BCUT2D eigenvalue weighted by atomic mass is 10.1. The van der Waals surface area contributed by atoms with Crippen LogP contribution in [0.3, 0.4) is 0 Å². The maximum Gasteiger partial charge on any atom is 0.240 e. The van der Waals surface area contributed by atoms with Gasteiger partial charge < -0.3 is 0 Å². The van der Waals surface area contributed by atoms with Gasteiger partial charge in [-0.2, -0.15) is 0 Å². The van der Waals surface area contributed by atoms with E-state index in [9.17, 15) is 8.42 Å². The highest BCUT2D eigenvalue weighted by atomic mass is 35.5. The molecule has 0 saturated carbocycles. The second-order valence-electron chi connectivity index (χ2n) is 4.85. The molecule has 0 heterocycles. The summed E-state index contributed by atoms with van der Waals surface area (Å²) >= 11 is 11.7. The summed E-state index contributed by atoms with van der Waals surface area (Å²) in [7, 11) is -3.55. The number of halogens is 2. The van der Waals surface area contributed by atoms with E-state index in [1.54, 1.807) is 30.3 Å². The predicted octanol–water partition coefficient (Wildman–Crippen LogP) is 3.99. The number of hydrogen-bond acceptors (Lipinski definition) is 2. The molecule has 6 heteroatoms. The van der Waals surface area contributed by atoms with E-state index in [0.717, 1.165) is 24.0 Å². The summed E-state index contributed by atoms with van der Waals surface area (Å²) in [5.74, 6) is 0.597. The van der Waals surface area contributed by atoms with Crippen molar-refractivity contribution in [3.05, 3.63) is 64.7 Å². The maximum atomic E-state index is 12.3. The molecule has 0 radical (unpaired) electrons. The predicted molar refractivity (Wildman–Crippen MR) is 91.0 cm³/mol. The molecule has 0 aliphatic heterocycles. The zero-order valence-electron chi connectivity index (χ0n) is 11.9. The summed E-state index contributed by atoms with van der Waals surface area (Å²) in [6.07, 6.45) is 1.72. The molecule has 0 aliphatic rings. The van der Waals surface area contributed by atoms with Crippen LogP contribution in [0.5, 0.6) is 0 Å². The molecule has 0 unspecified atom stereocenters. The van der Waals surface area contributed by atoms with Gasteiger partial charge in [0, 0.05) is 17.4 Å². The third-order valence-corrected chi connectivity index (χ3v) is 5.30. The molecule has 2 aromatic rings. The minimum Gasteiger partial charge on any atom is -0.207 e. The molecule has 0 amide bonds. The zero-order valence-corrected chi connectivity index (χ0v) is 14.3. The third kappa shape index (κ3) is 4.71. The highest BCUT2D eigenvalue weighted by Gasteiger charge is 2.14. The van der Waals surface area contributed by atoms with Crippen LogP contribution < -0.4 is 4.72 Å². The van der Waals surface area contributed by atoms with Gasteiger partial charge in [-0.25, -0.2) is 13.1 Å². The average Bonchev–Trinajstić information content (AvgIpc) is 2.52. The quantitative estimate of drug-likeness (QED) is 0.761. The van der Waals surface area contributed by atoms with E-state index >= 15 is 0 Å². The highest BCUT2D eigenvalue weighted by molar-refractivity contribution is 7.89. The monoisotopic (exact) mass is 357 g/mol. The number of hydrogen-bond donors (Lipinski definition) is 1. The standard InChI is InChI=1S/C16H17Cl2NO2S/c17-11-3-4-13-7-9-15(10-8-13)22(20,21)19-12-14-5-1-2-6-16(14)18/h1-2,5-10,19H,3-4,11-12H2. The Bertz CT molecular complexity index is 715. The van der Waals surface area contributed by atoms with Crippen LogP contribution in [0.1, 0.15) is 17.5 Å². The second-order valence-corrected chi connectivity index (χ2v) is 7.40. The Morgan fingerprint density at radius 3 is 2.32 bits per heavy atom. The first-order chi connectivity index (χ1) is 10.5. The molecule has 0 fully saturated rings. The van der Waals surface area contributed by atoms with Crippen LogP contribution in [0.2, 0.25) is 5.02 Å². The number of alkyl halides is 1. The van der Waals surface area contributed by atoms with Crippen molar-refractivity contribution in [2.75, 3.05) is 5.88 Å². The lowest BCUT2D eigenvalue weighted by Crippen LogP contribution is -2.23. The molecule has 0 saturated heterocycles. The van der Waals surface area contributed by atoms with Gasteiger partial charge in [0.25, 0.3) is 0 Å². The Kier molecular flexibility index (Phi) is 6.26. The summed E-state index contributed by atoms with van der Waals surface area (Å²) in [5.41, 5.74) is 1.82. The minimum absolute atomic E-state index is 0.163. The van der Waals surface area contributed by atoms with Crippen molar-refractivity contribution in [2.24, 2.45) is 0 Å². The first kappa shape index (κ1) is 17.3. The molecule has 0 spiro atoms. The van der Waals surface area contributed by atoms with Gasteiger partial charge in [-0.3, -0.25) is 0 Å². The summed E-state index contributed by atoms with van der Waals surface area (Å²) in [6, 6.07) is 14.0. The summed E-state index contributed by atoms with van der Waals surface area (Å²) < 4.78 is 27.1. The largest absolute Gasteiger partial charge is 0.240 e. The fourth-order valence-electron chi connectivity index (χ4n) is 2.00. The van der Waals surface area contributed by atoms with Gasteiger partial charge in [0.05, 0.1) is 4.90 Å². The Morgan fingerprint density at radius 1 is 1.00 bits per heavy atom. The Labute approximate surface area is 141 Å². The molecule has 3 nitrogen and oxygen atoms in total.